The van der Waals surface area contributed by atoms with Crippen LogP contribution in [0.2, 0.25) is 0 Å². The average Bonchev–Trinajstić information content (AvgIpc) is 3.28. The molecule has 7 nitrogen and oxygen atoms in total. The zero-order valence-corrected chi connectivity index (χ0v) is 18.6. The van der Waals surface area contributed by atoms with Crippen molar-refractivity contribution in [3.8, 4) is 22.9 Å². The highest BCUT2D eigenvalue weighted by Gasteiger charge is 2.19. The molecule has 4 heterocycles. The number of ether oxygens (including phenoxy) is 2. The van der Waals surface area contributed by atoms with Crippen molar-refractivity contribution < 1.29 is 14.3 Å². The van der Waals surface area contributed by atoms with Gasteiger partial charge in [0.2, 0.25) is 5.91 Å². The maximum Gasteiger partial charge on any atom is 0.219 e. The summed E-state index contributed by atoms with van der Waals surface area (Å²) in [7, 11) is 0. The van der Waals surface area contributed by atoms with Crippen LogP contribution in [0.25, 0.3) is 27.7 Å². The largest absolute Gasteiger partial charge is 0.489 e. The number of aromatic nitrogens is 2. The van der Waals surface area contributed by atoms with Crippen molar-refractivity contribution in [1.29, 1.82) is 5.26 Å². The van der Waals surface area contributed by atoms with Gasteiger partial charge in [-0.1, -0.05) is 12.1 Å². The minimum atomic E-state index is 0.0826. The summed E-state index contributed by atoms with van der Waals surface area (Å²) < 4.78 is 11.5. The molecule has 1 saturated heterocycles. The van der Waals surface area contributed by atoms with Gasteiger partial charge in [0.05, 0.1) is 18.8 Å². The first kappa shape index (κ1) is 21.2. The van der Waals surface area contributed by atoms with Crippen molar-refractivity contribution in [3.05, 3.63) is 53.9 Å². The molecule has 3 aromatic rings. The quantitative estimate of drug-likeness (QED) is 0.651. The molecule has 7 heteroatoms. The van der Waals surface area contributed by atoms with Gasteiger partial charge in [0.25, 0.3) is 0 Å². The fourth-order valence-electron chi connectivity index (χ4n) is 4.50. The van der Waals surface area contributed by atoms with E-state index in [4.69, 9.17) is 9.47 Å². The topological polar surface area (TPSA) is 91.2 Å². The third-order valence-electron chi connectivity index (χ3n) is 6.43. The molecule has 1 fully saturated rings. The van der Waals surface area contributed by atoms with E-state index >= 15 is 0 Å². The Labute approximate surface area is 192 Å². The summed E-state index contributed by atoms with van der Waals surface area (Å²) in [5.41, 5.74) is 5.53. The average molecular weight is 443 g/mol. The van der Waals surface area contributed by atoms with Crippen LogP contribution in [0.3, 0.4) is 0 Å². The van der Waals surface area contributed by atoms with Crippen molar-refractivity contribution in [3.63, 3.8) is 0 Å². The first-order valence-corrected chi connectivity index (χ1v) is 11.3. The van der Waals surface area contributed by atoms with Crippen LogP contribution >= 0.6 is 0 Å². The maximum atomic E-state index is 11.6. The molecule has 2 aromatic heterocycles. The van der Waals surface area contributed by atoms with Crippen LogP contribution in [0.5, 0.6) is 5.75 Å². The van der Waals surface area contributed by atoms with E-state index in [0.717, 1.165) is 53.5 Å². The smallest absolute Gasteiger partial charge is 0.219 e. The van der Waals surface area contributed by atoms with Crippen LogP contribution in [0.4, 0.5) is 0 Å². The molecule has 5 rings (SSSR count). The molecule has 2 aliphatic rings. The molecule has 0 spiro atoms. The van der Waals surface area contributed by atoms with Crippen molar-refractivity contribution >= 4 is 22.5 Å². The summed E-state index contributed by atoms with van der Waals surface area (Å²) in [5, 5.41) is 10.8. The molecule has 0 radical (unpaired) electrons. The van der Waals surface area contributed by atoms with Gasteiger partial charge >= 0.3 is 0 Å². The van der Waals surface area contributed by atoms with Gasteiger partial charge in [-0.25, -0.2) is 4.98 Å². The minimum absolute atomic E-state index is 0.0826. The number of benzene rings is 1. The summed E-state index contributed by atoms with van der Waals surface area (Å²) in [6, 6.07) is 10.2. The lowest BCUT2D eigenvalue weighted by molar-refractivity contribution is -0.128. The number of hydrogen-bond donors (Lipinski definition) is 1. The first-order valence-electron chi connectivity index (χ1n) is 11.3. The summed E-state index contributed by atoms with van der Waals surface area (Å²) in [6.45, 7) is 4.34. The van der Waals surface area contributed by atoms with Crippen molar-refractivity contribution in [1.82, 2.24) is 14.9 Å². The number of nitrogens with one attached hydrogen (secondary N) is 1. The third-order valence-corrected chi connectivity index (χ3v) is 6.43. The number of fused-ring (bicyclic) bond motifs is 1. The van der Waals surface area contributed by atoms with Crippen LogP contribution in [0, 0.1) is 11.3 Å². The Bertz CT molecular complexity index is 1260. The van der Waals surface area contributed by atoms with Crippen LogP contribution in [0.15, 0.2) is 42.7 Å². The van der Waals surface area contributed by atoms with Crippen molar-refractivity contribution in [2.45, 2.75) is 32.3 Å². The zero-order chi connectivity index (χ0) is 22.8. The van der Waals surface area contributed by atoms with Crippen LogP contribution in [-0.4, -0.2) is 53.2 Å². The summed E-state index contributed by atoms with van der Waals surface area (Å²) in [4.78, 5) is 21.3. The van der Waals surface area contributed by atoms with Gasteiger partial charge < -0.3 is 19.4 Å². The zero-order valence-electron chi connectivity index (χ0n) is 18.6. The molecule has 1 N–H and O–H groups in total. The molecule has 0 atom stereocenters. The predicted molar refractivity (Wildman–Crippen MR) is 126 cm³/mol. The lowest BCUT2D eigenvalue weighted by Crippen LogP contribution is -2.32. The SMILES string of the molecule is CC(=O)N1CC=C(c2cnc3[nH]cc(-c4ccc(OC5CCOCC5)c(C#N)c4)c3c2)CC1. The van der Waals surface area contributed by atoms with Gasteiger partial charge in [0.15, 0.2) is 0 Å². The molecular formula is C26H26N4O3. The second-order valence-electron chi connectivity index (χ2n) is 8.52. The van der Waals surface area contributed by atoms with E-state index in [-0.39, 0.29) is 12.0 Å². The Kier molecular flexibility index (Phi) is 5.84. The standard InChI is InChI=1S/C26H26N4O3/c1-17(31)30-8-4-18(5-9-30)21-13-23-24(16-29-26(23)28-15-21)19-2-3-25(20(12-19)14-27)33-22-6-10-32-11-7-22/h2-4,12-13,15-16,22H,5-11H2,1H3,(H,28,29). The number of carbonyl (C=O) groups is 1. The summed E-state index contributed by atoms with van der Waals surface area (Å²) >= 11 is 0. The fourth-order valence-corrected chi connectivity index (χ4v) is 4.50. The number of rotatable bonds is 4. The molecule has 1 amide bonds. The highest BCUT2D eigenvalue weighted by Crippen LogP contribution is 2.34. The number of nitrogens with zero attached hydrogens (tertiary/aromatic N) is 3. The van der Waals surface area contributed by atoms with E-state index in [0.29, 0.717) is 31.1 Å². The molecule has 0 saturated carbocycles. The first-order chi connectivity index (χ1) is 16.1. The third kappa shape index (κ3) is 4.35. The molecular weight excluding hydrogens is 416 g/mol. The molecule has 2 aliphatic heterocycles. The van der Waals surface area contributed by atoms with Crippen LogP contribution in [0.1, 0.15) is 37.3 Å². The summed E-state index contributed by atoms with van der Waals surface area (Å²) in [6.07, 6.45) is 8.49. The number of amides is 1. The number of pyridine rings is 1. The van der Waals surface area contributed by atoms with Crippen molar-refractivity contribution in [2.75, 3.05) is 26.3 Å². The van der Waals surface area contributed by atoms with Gasteiger partial charge in [-0.15, -0.1) is 0 Å². The lowest BCUT2D eigenvalue weighted by Gasteiger charge is -2.25. The maximum absolute atomic E-state index is 11.6. The van der Waals surface area contributed by atoms with Gasteiger partial charge in [-0.05, 0) is 41.3 Å². The number of carbonyl (C=O) groups excluding carboxylic acids is 1. The molecule has 0 bridgehead atoms. The molecule has 168 valence electrons. The second-order valence-corrected chi connectivity index (χ2v) is 8.52. The monoisotopic (exact) mass is 442 g/mol. The van der Waals surface area contributed by atoms with E-state index in [1.807, 2.05) is 35.5 Å². The van der Waals surface area contributed by atoms with E-state index in [9.17, 15) is 10.1 Å². The molecule has 0 unspecified atom stereocenters. The highest BCUT2D eigenvalue weighted by atomic mass is 16.5. The van der Waals surface area contributed by atoms with E-state index in [1.165, 1.54) is 5.57 Å². The van der Waals surface area contributed by atoms with E-state index < -0.39 is 0 Å². The Morgan fingerprint density at radius 3 is 2.85 bits per heavy atom. The normalized spacial score (nSPS) is 17.0. The Balaban J connectivity index is 1.44. The van der Waals surface area contributed by atoms with E-state index in [2.05, 4.69) is 28.2 Å². The van der Waals surface area contributed by atoms with Crippen molar-refractivity contribution in [2.24, 2.45) is 0 Å². The lowest BCUT2D eigenvalue weighted by atomic mass is 9.98. The van der Waals surface area contributed by atoms with Gasteiger partial charge in [0, 0.05) is 56.2 Å². The highest BCUT2D eigenvalue weighted by molar-refractivity contribution is 5.95. The van der Waals surface area contributed by atoms with Crippen LogP contribution in [-0.2, 0) is 9.53 Å². The predicted octanol–water partition coefficient (Wildman–Crippen LogP) is 4.29. The van der Waals surface area contributed by atoms with Gasteiger partial charge in [-0.3, -0.25) is 4.79 Å². The molecule has 1 aromatic carbocycles. The number of hydrogen-bond acceptors (Lipinski definition) is 5. The summed E-state index contributed by atoms with van der Waals surface area (Å²) in [5.74, 6) is 0.721. The minimum Gasteiger partial charge on any atom is -0.489 e. The Morgan fingerprint density at radius 2 is 2.12 bits per heavy atom. The second kappa shape index (κ2) is 9.08. The van der Waals surface area contributed by atoms with E-state index in [1.54, 1.807) is 6.92 Å². The fraction of sp³-hybridized carbons (Fsp3) is 0.346. The van der Waals surface area contributed by atoms with Gasteiger partial charge in [0.1, 0.15) is 23.6 Å². The van der Waals surface area contributed by atoms with Crippen LogP contribution < -0.4 is 4.74 Å². The van der Waals surface area contributed by atoms with Gasteiger partial charge in [-0.2, -0.15) is 5.26 Å². The molecule has 0 aliphatic carbocycles. The number of aromatic amines is 1. The Hall–Kier alpha value is -3.63. The Morgan fingerprint density at radius 1 is 1.27 bits per heavy atom. The number of nitriles is 1. The molecule has 33 heavy (non-hydrogen) atoms. The number of H-pyrrole nitrogens is 1.